The van der Waals surface area contributed by atoms with E-state index in [4.69, 9.17) is 9.47 Å². The van der Waals surface area contributed by atoms with Crippen molar-refractivity contribution < 1.29 is 19.1 Å². The highest BCUT2D eigenvalue weighted by Crippen LogP contribution is 2.43. The lowest BCUT2D eigenvalue weighted by Crippen LogP contribution is -2.56. The van der Waals surface area contributed by atoms with Gasteiger partial charge in [0.25, 0.3) is 0 Å². The number of benzene rings is 1. The van der Waals surface area contributed by atoms with Gasteiger partial charge in [-0.1, -0.05) is 0 Å². The van der Waals surface area contributed by atoms with Gasteiger partial charge in [0.1, 0.15) is 5.75 Å². The molecule has 8 heteroatoms. The van der Waals surface area contributed by atoms with Crippen molar-refractivity contribution in [1.82, 2.24) is 20.0 Å². The number of esters is 1. The van der Waals surface area contributed by atoms with Gasteiger partial charge in [0.2, 0.25) is 5.91 Å². The number of carbonyl (C=O) groups is 2. The SMILES string of the molecule is COC(=O)C1CC(=O)N(C)C12CCN(Cc1cn[nH]c1-c1ccc(OC)cc1)CC2. The number of nitrogens with one attached hydrogen (secondary N) is 1. The summed E-state index contributed by atoms with van der Waals surface area (Å²) in [5.74, 6) is 0.177. The number of likely N-dealkylation sites (tertiary alicyclic amines) is 2. The molecular formula is C22H28N4O4. The van der Waals surface area contributed by atoms with E-state index in [2.05, 4.69) is 15.1 Å². The molecule has 0 saturated carbocycles. The lowest BCUT2D eigenvalue weighted by atomic mass is 9.77. The molecule has 2 saturated heterocycles. The van der Waals surface area contributed by atoms with E-state index in [-0.39, 0.29) is 24.2 Å². The molecule has 1 atom stereocenters. The fraction of sp³-hybridized carbons (Fsp3) is 0.500. The quantitative estimate of drug-likeness (QED) is 0.757. The van der Waals surface area contributed by atoms with Gasteiger partial charge in [-0.3, -0.25) is 19.6 Å². The topological polar surface area (TPSA) is 87.8 Å². The number of hydrogen-bond acceptors (Lipinski definition) is 6. The van der Waals surface area contributed by atoms with E-state index in [1.165, 1.54) is 7.11 Å². The van der Waals surface area contributed by atoms with Crippen LogP contribution in [0.25, 0.3) is 11.3 Å². The van der Waals surface area contributed by atoms with Crippen molar-refractivity contribution in [1.29, 1.82) is 0 Å². The molecule has 0 aliphatic carbocycles. The molecule has 2 aliphatic rings. The molecule has 4 rings (SSSR count). The minimum Gasteiger partial charge on any atom is -0.497 e. The van der Waals surface area contributed by atoms with Crippen molar-refractivity contribution in [3.05, 3.63) is 36.0 Å². The number of aromatic nitrogens is 2. The molecule has 160 valence electrons. The standard InChI is InChI=1S/C22H28N4O4/c1-25-19(27)12-18(21(28)30-3)22(25)8-10-26(11-9-22)14-16-13-23-24-20(16)15-4-6-17(29-2)7-5-15/h4-7,13,18H,8-12,14H2,1-3H3,(H,23,24). The third kappa shape index (κ3) is 3.45. The summed E-state index contributed by atoms with van der Waals surface area (Å²) in [4.78, 5) is 28.8. The lowest BCUT2D eigenvalue weighted by molar-refractivity contribution is -0.149. The predicted octanol–water partition coefficient (Wildman–Crippen LogP) is 2.07. The van der Waals surface area contributed by atoms with Gasteiger partial charge in [0.15, 0.2) is 0 Å². The summed E-state index contributed by atoms with van der Waals surface area (Å²) in [5, 5.41) is 7.36. The maximum Gasteiger partial charge on any atom is 0.311 e. The van der Waals surface area contributed by atoms with Crippen LogP contribution >= 0.6 is 0 Å². The fourth-order valence-electron chi connectivity index (χ4n) is 4.89. The first-order chi connectivity index (χ1) is 14.5. The first kappa shape index (κ1) is 20.4. The van der Waals surface area contributed by atoms with Crippen LogP contribution in [0.3, 0.4) is 0 Å². The van der Waals surface area contributed by atoms with Crippen LogP contribution in [0.1, 0.15) is 24.8 Å². The Labute approximate surface area is 176 Å². The summed E-state index contributed by atoms with van der Waals surface area (Å²) in [6, 6.07) is 7.90. The summed E-state index contributed by atoms with van der Waals surface area (Å²) in [6.07, 6.45) is 3.62. The van der Waals surface area contributed by atoms with Crippen molar-refractivity contribution in [2.24, 2.45) is 5.92 Å². The van der Waals surface area contributed by atoms with Crippen LogP contribution in [0, 0.1) is 5.92 Å². The number of piperidine rings is 1. The van der Waals surface area contributed by atoms with E-state index in [0.29, 0.717) is 0 Å². The first-order valence-corrected chi connectivity index (χ1v) is 10.2. The van der Waals surface area contributed by atoms with Gasteiger partial charge in [-0.25, -0.2) is 0 Å². The maximum absolute atomic E-state index is 12.3. The van der Waals surface area contributed by atoms with Gasteiger partial charge in [-0.05, 0) is 37.1 Å². The molecule has 2 aliphatic heterocycles. The van der Waals surface area contributed by atoms with Gasteiger partial charge in [-0.15, -0.1) is 0 Å². The Hall–Kier alpha value is -2.87. The van der Waals surface area contributed by atoms with Crippen molar-refractivity contribution in [3.63, 3.8) is 0 Å². The second-order valence-corrected chi connectivity index (χ2v) is 8.11. The van der Waals surface area contributed by atoms with E-state index < -0.39 is 5.54 Å². The molecule has 3 heterocycles. The zero-order valence-electron chi connectivity index (χ0n) is 17.7. The second-order valence-electron chi connectivity index (χ2n) is 8.11. The predicted molar refractivity (Wildman–Crippen MR) is 111 cm³/mol. The summed E-state index contributed by atoms with van der Waals surface area (Å²) < 4.78 is 10.2. The molecular weight excluding hydrogens is 384 g/mol. The normalized spacial score (nSPS) is 21.2. The molecule has 0 radical (unpaired) electrons. The maximum atomic E-state index is 12.3. The molecule has 2 fully saturated rings. The average molecular weight is 412 g/mol. The van der Waals surface area contributed by atoms with Crippen molar-refractivity contribution in [2.75, 3.05) is 34.4 Å². The van der Waals surface area contributed by atoms with Crippen LogP contribution in [-0.4, -0.2) is 71.8 Å². The number of nitrogens with zero attached hydrogens (tertiary/aromatic N) is 3. The average Bonchev–Trinajstić information content (AvgIpc) is 3.33. The Bertz CT molecular complexity index is 915. The zero-order valence-corrected chi connectivity index (χ0v) is 17.7. The highest BCUT2D eigenvalue weighted by molar-refractivity contribution is 5.88. The third-order valence-corrected chi connectivity index (χ3v) is 6.77. The Balaban J connectivity index is 1.46. The zero-order chi connectivity index (χ0) is 21.3. The molecule has 1 N–H and O–H groups in total. The Kier molecular flexibility index (Phi) is 5.51. The molecule has 1 unspecified atom stereocenters. The van der Waals surface area contributed by atoms with Crippen LogP contribution < -0.4 is 4.74 Å². The van der Waals surface area contributed by atoms with Crippen molar-refractivity contribution in [3.8, 4) is 17.0 Å². The monoisotopic (exact) mass is 412 g/mol. The van der Waals surface area contributed by atoms with Gasteiger partial charge >= 0.3 is 5.97 Å². The number of amides is 1. The van der Waals surface area contributed by atoms with E-state index in [0.717, 1.165) is 55.0 Å². The number of methoxy groups -OCH3 is 2. The van der Waals surface area contributed by atoms with Crippen LogP contribution in [0.4, 0.5) is 0 Å². The summed E-state index contributed by atoms with van der Waals surface area (Å²) in [6.45, 7) is 2.37. The molecule has 30 heavy (non-hydrogen) atoms. The van der Waals surface area contributed by atoms with E-state index in [1.54, 1.807) is 12.0 Å². The summed E-state index contributed by atoms with van der Waals surface area (Å²) in [5.41, 5.74) is 2.74. The number of carbonyl (C=O) groups excluding carboxylic acids is 2. The summed E-state index contributed by atoms with van der Waals surface area (Å²) in [7, 11) is 4.87. The number of ether oxygens (including phenoxy) is 2. The molecule has 1 amide bonds. The molecule has 1 aromatic carbocycles. The smallest absolute Gasteiger partial charge is 0.311 e. The molecule has 8 nitrogen and oxygen atoms in total. The number of H-pyrrole nitrogens is 1. The molecule has 2 aromatic rings. The van der Waals surface area contributed by atoms with Crippen molar-refractivity contribution >= 4 is 11.9 Å². The second kappa shape index (κ2) is 8.10. The van der Waals surface area contributed by atoms with Crippen LogP contribution in [0.15, 0.2) is 30.5 Å². The highest BCUT2D eigenvalue weighted by Gasteiger charge is 2.55. The largest absolute Gasteiger partial charge is 0.497 e. The van der Waals surface area contributed by atoms with Crippen LogP contribution in [-0.2, 0) is 20.9 Å². The van der Waals surface area contributed by atoms with E-state index in [1.807, 2.05) is 37.5 Å². The van der Waals surface area contributed by atoms with Crippen LogP contribution in [0.2, 0.25) is 0 Å². The molecule has 1 spiro atoms. The number of rotatable bonds is 5. The lowest BCUT2D eigenvalue weighted by Gasteiger charge is -2.45. The third-order valence-electron chi connectivity index (χ3n) is 6.77. The molecule has 1 aromatic heterocycles. The van der Waals surface area contributed by atoms with E-state index >= 15 is 0 Å². The minimum atomic E-state index is -0.435. The van der Waals surface area contributed by atoms with E-state index in [9.17, 15) is 9.59 Å². The molecule has 0 bridgehead atoms. The Morgan fingerprint density at radius 2 is 1.93 bits per heavy atom. The van der Waals surface area contributed by atoms with Crippen LogP contribution in [0.5, 0.6) is 5.75 Å². The van der Waals surface area contributed by atoms with Gasteiger partial charge in [-0.2, -0.15) is 5.10 Å². The minimum absolute atomic E-state index is 0.0236. The Morgan fingerprint density at radius 1 is 1.23 bits per heavy atom. The van der Waals surface area contributed by atoms with Crippen molar-refractivity contribution in [2.45, 2.75) is 31.3 Å². The fourth-order valence-corrected chi connectivity index (χ4v) is 4.89. The summed E-state index contributed by atoms with van der Waals surface area (Å²) >= 11 is 0. The van der Waals surface area contributed by atoms with Gasteiger partial charge in [0, 0.05) is 44.2 Å². The number of hydrogen-bond donors (Lipinski definition) is 1. The van der Waals surface area contributed by atoms with Gasteiger partial charge < -0.3 is 14.4 Å². The number of aromatic amines is 1. The Morgan fingerprint density at radius 3 is 2.57 bits per heavy atom. The highest BCUT2D eigenvalue weighted by atomic mass is 16.5. The van der Waals surface area contributed by atoms with Gasteiger partial charge in [0.05, 0.1) is 37.6 Å². The first-order valence-electron chi connectivity index (χ1n) is 10.2.